The zero-order valence-corrected chi connectivity index (χ0v) is 14.4. The van der Waals surface area contributed by atoms with E-state index in [1.54, 1.807) is 49.6 Å². The summed E-state index contributed by atoms with van der Waals surface area (Å²) in [5.74, 6) is 0.764. The Kier molecular flexibility index (Phi) is 6.55. The van der Waals surface area contributed by atoms with E-state index in [0.29, 0.717) is 29.2 Å². The molecule has 3 N–H and O–H groups in total. The first-order valence-corrected chi connectivity index (χ1v) is 7.75. The van der Waals surface area contributed by atoms with Crippen LogP contribution >= 0.6 is 0 Å². The van der Waals surface area contributed by atoms with Gasteiger partial charge in [0.25, 0.3) is 0 Å². The number of esters is 1. The minimum absolute atomic E-state index is 0.271. The van der Waals surface area contributed by atoms with Gasteiger partial charge in [0, 0.05) is 0 Å². The Morgan fingerprint density at radius 2 is 1.88 bits per heavy atom. The Morgan fingerprint density at radius 1 is 1.15 bits per heavy atom. The maximum atomic E-state index is 12.3. The second-order valence-corrected chi connectivity index (χ2v) is 4.99. The number of nitrogens with one attached hydrogen (secondary N) is 1. The molecule has 2 aromatic carbocycles. The molecule has 0 heterocycles. The fourth-order valence-corrected chi connectivity index (χ4v) is 2.01. The van der Waals surface area contributed by atoms with Crippen molar-refractivity contribution in [3.05, 3.63) is 53.6 Å². The number of hydrogen-bond acceptors (Lipinski definition) is 6. The van der Waals surface area contributed by atoms with Gasteiger partial charge >= 0.3 is 12.0 Å². The summed E-state index contributed by atoms with van der Waals surface area (Å²) in [7, 11) is 1.55. The van der Waals surface area contributed by atoms with E-state index in [4.69, 9.17) is 19.9 Å². The molecule has 0 spiro atoms. The van der Waals surface area contributed by atoms with Crippen molar-refractivity contribution in [1.82, 2.24) is 5.43 Å². The number of methoxy groups -OCH3 is 1. The van der Waals surface area contributed by atoms with Crippen molar-refractivity contribution in [2.24, 2.45) is 10.8 Å². The van der Waals surface area contributed by atoms with Gasteiger partial charge in [-0.1, -0.05) is 0 Å². The van der Waals surface area contributed by atoms with Crippen molar-refractivity contribution in [2.45, 2.75) is 6.92 Å². The Hall–Kier alpha value is -3.55. The first-order valence-electron chi connectivity index (χ1n) is 7.75. The molecule has 2 amide bonds. The SMILES string of the molecule is CCOc1cc(/C=N\NC(N)=O)ccc1OC(=O)c1ccc(OC)cc1. The van der Waals surface area contributed by atoms with Crippen LogP contribution in [0.2, 0.25) is 0 Å². The number of rotatable bonds is 7. The van der Waals surface area contributed by atoms with Gasteiger partial charge < -0.3 is 19.9 Å². The van der Waals surface area contributed by atoms with Crippen LogP contribution in [0.25, 0.3) is 0 Å². The summed E-state index contributed by atoms with van der Waals surface area (Å²) < 4.78 is 16.0. The molecule has 8 nitrogen and oxygen atoms in total. The van der Waals surface area contributed by atoms with E-state index in [9.17, 15) is 9.59 Å². The van der Waals surface area contributed by atoms with Gasteiger partial charge in [-0.2, -0.15) is 5.10 Å². The van der Waals surface area contributed by atoms with E-state index < -0.39 is 12.0 Å². The van der Waals surface area contributed by atoms with Crippen LogP contribution in [0.5, 0.6) is 17.2 Å². The van der Waals surface area contributed by atoms with E-state index in [1.807, 2.05) is 6.92 Å². The van der Waals surface area contributed by atoms with Crippen molar-refractivity contribution < 1.29 is 23.8 Å². The van der Waals surface area contributed by atoms with Gasteiger partial charge in [0.2, 0.25) is 0 Å². The van der Waals surface area contributed by atoms with Crippen molar-refractivity contribution in [2.75, 3.05) is 13.7 Å². The minimum atomic E-state index is -0.767. The highest BCUT2D eigenvalue weighted by molar-refractivity contribution is 5.91. The van der Waals surface area contributed by atoms with Crippen molar-refractivity contribution in [3.63, 3.8) is 0 Å². The standard InChI is InChI=1S/C18H19N3O5/c1-3-25-16-10-12(11-20-21-18(19)23)4-9-15(16)26-17(22)13-5-7-14(24-2)8-6-13/h4-11H,3H2,1-2H3,(H3,19,21,23)/b20-11-. The number of nitrogens with zero attached hydrogens (tertiary/aromatic N) is 1. The quantitative estimate of drug-likeness (QED) is 0.342. The van der Waals surface area contributed by atoms with Crippen molar-refractivity contribution in [3.8, 4) is 17.2 Å². The number of urea groups is 1. The molecule has 0 saturated heterocycles. The highest BCUT2D eigenvalue weighted by atomic mass is 16.6. The van der Waals surface area contributed by atoms with E-state index in [-0.39, 0.29) is 5.75 Å². The first-order chi connectivity index (χ1) is 12.5. The van der Waals surface area contributed by atoms with Gasteiger partial charge in [-0.3, -0.25) is 0 Å². The number of hydrogen-bond donors (Lipinski definition) is 2. The summed E-state index contributed by atoms with van der Waals surface area (Å²) >= 11 is 0. The molecule has 0 fully saturated rings. The minimum Gasteiger partial charge on any atom is -0.497 e. The molecule has 0 radical (unpaired) electrons. The number of carbonyl (C=O) groups excluding carboxylic acids is 2. The second kappa shape index (κ2) is 9.07. The van der Waals surface area contributed by atoms with Gasteiger partial charge in [0.15, 0.2) is 11.5 Å². The predicted octanol–water partition coefficient (Wildman–Crippen LogP) is 2.32. The summed E-state index contributed by atoms with van der Waals surface area (Å²) in [6, 6.07) is 10.7. The number of carbonyl (C=O) groups is 2. The van der Waals surface area contributed by atoms with Crippen LogP contribution in [0, 0.1) is 0 Å². The molecule has 0 bridgehead atoms. The van der Waals surface area contributed by atoms with E-state index >= 15 is 0 Å². The van der Waals surface area contributed by atoms with Crippen LogP contribution in [0.3, 0.4) is 0 Å². The molecule has 0 atom stereocenters. The summed E-state index contributed by atoms with van der Waals surface area (Å²) in [6.45, 7) is 2.19. The molecule has 136 valence electrons. The zero-order chi connectivity index (χ0) is 18.9. The highest BCUT2D eigenvalue weighted by Gasteiger charge is 2.13. The third kappa shape index (κ3) is 5.23. The highest BCUT2D eigenvalue weighted by Crippen LogP contribution is 2.29. The third-order valence-corrected chi connectivity index (χ3v) is 3.18. The number of benzene rings is 2. The number of primary amides is 1. The Morgan fingerprint density at radius 3 is 2.50 bits per heavy atom. The maximum Gasteiger partial charge on any atom is 0.343 e. The largest absolute Gasteiger partial charge is 0.497 e. The second-order valence-electron chi connectivity index (χ2n) is 4.99. The molecule has 2 aromatic rings. The summed E-state index contributed by atoms with van der Waals surface area (Å²) in [4.78, 5) is 22.9. The molecule has 0 aliphatic rings. The zero-order valence-electron chi connectivity index (χ0n) is 14.4. The van der Waals surface area contributed by atoms with Crippen LogP contribution in [0.15, 0.2) is 47.6 Å². The molecule has 0 aliphatic heterocycles. The number of hydrazone groups is 1. The normalized spacial score (nSPS) is 10.4. The summed E-state index contributed by atoms with van der Waals surface area (Å²) in [5.41, 5.74) is 8.04. The van der Waals surface area contributed by atoms with Crippen molar-refractivity contribution in [1.29, 1.82) is 0 Å². The van der Waals surface area contributed by atoms with E-state index in [0.717, 1.165) is 0 Å². The fourth-order valence-electron chi connectivity index (χ4n) is 2.01. The lowest BCUT2D eigenvalue weighted by Crippen LogP contribution is -2.24. The Bertz CT molecular complexity index is 803. The average molecular weight is 357 g/mol. The van der Waals surface area contributed by atoms with Crippen LogP contribution < -0.4 is 25.4 Å². The molecule has 2 rings (SSSR count). The third-order valence-electron chi connectivity index (χ3n) is 3.18. The maximum absolute atomic E-state index is 12.3. The molecule has 8 heteroatoms. The molecule has 0 saturated carbocycles. The molecule has 26 heavy (non-hydrogen) atoms. The van der Waals surface area contributed by atoms with E-state index in [1.165, 1.54) is 6.21 Å². The molecular formula is C18H19N3O5. The predicted molar refractivity (Wildman–Crippen MR) is 95.9 cm³/mol. The summed E-state index contributed by atoms with van der Waals surface area (Å²) in [5, 5.41) is 3.67. The number of nitrogens with two attached hydrogens (primary N) is 1. The first kappa shape index (κ1) is 18.8. The topological polar surface area (TPSA) is 112 Å². The molecule has 0 unspecified atom stereocenters. The van der Waals surface area contributed by atoms with E-state index in [2.05, 4.69) is 10.5 Å². The average Bonchev–Trinajstić information content (AvgIpc) is 2.63. The molecule has 0 aromatic heterocycles. The van der Waals surface area contributed by atoms with Crippen LogP contribution in [0.1, 0.15) is 22.8 Å². The molecular weight excluding hydrogens is 338 g/mol. The lowest BCUT2D eigenvalue weighted by molar-refractivity contribution is 0.0728. The number of amides is 2. The monoisotopic (exact) mass is 357 g/mol. The van der Waals surface area contributed by atoms with Gasteiger partial charge in [-0.05, 0) is 55.0 Å². The van der Waals surface area contributed by atoms with Crippen LogP contribution in [0.4, 0.5) is 4.79 Å². The van der Waals surface area contributed by atoms with Crippen LogP contribution in [-0.4, -0.2) is 31.9 Å². The van der Waals surface area contributed by atoms with Gasteiger partial charge in [0.05, 0.1) is 25.5 Å². The fraction of sp³-hybridized carbons (Fsp3) is 0.167. The van der Waals surface area contributed by atoms with Crippen LogP contribution in [-0.2, 0) is 0 Å². The number of ether oxygens (including phenoxy) is 3. The van der Waals surface area contributed by atoms with Gasteiger partial charge in [-0.25, -0.2) is 15.0 Å². The lowest BCUT2D eigenvalue weighted by atomic mass is 10.2. The Labute approximate surface area is 150 Å². The smallest absolute Gasteiger partial charge is 0.343 e. The Balaban J connectivity index is 2.17. The van der Waals surface area contributed by atoms with Crippen molar-refractivity contribution >= 4 is 18.2 Å². The van der Waals surface area contributed by atoms with Gasteiger partial charge in [0.1, 0.15) is 5.75 Å². The summed E-state index contributed by atoms with van der Waals surface area (Å²) in [6.07, 6.45) is 1.39. The van der Waals surface area contributed by atoms with Gasteiger partial charge in [-0.15, -0.1) is 0 Å². The lowest BCUT2D eigenvalue weighted by Gasteiger charge is -2.11. The molecule has 0 aliphatic carbocycles.